The quantitative estimate of drug-likeness (QED) is 0.635. The SMILES string of the molecule is CCOC(=O)Cc1ncc(C(F)(F)F)cc1C(F)(F)F. The molecule has 0 spiro atoms. The maximum atomic E-state index is 12.7. The molecule has 0 bridgehead atoms. The van der Waals surface area contributed by atoms with Crippen LogP contribution in [0.3, 0.4) is 0 Å². The molecule has 0 aliphatic carbocycles. The number of carbonyl (C=O) groups is 1. The van der Waals surface area contributed by atoms with Gasteiger partial charge in [-0.3, -0.25) is 9.78 Å². The van der Waals surface area contributed by atoms with Crippen LogP contribution in [0.2, 0.25) is 0 Å². The molecule has 0 amide bonds. The van der Waals surface area contributed by atoms with Gasteiger partial charge in [-0.1, -0.05) is 0 Å². The van der Waals surface area contributed by atoms with Crippen LogP contribution in [-0.4, -0.2) is 17.6 Å². The minimum atomic E-state index is -5.05. The number of hydrogen-bond acceptors (Lipinski definition) is 3. The van der Waals surface area contributed by atoms with Gasteiger partial charge in [-0.05, 0) is 13.0 Å². The van der Waals surface area contributed by atoms with Crippen LogP contribution in [0.5, 0.6) is 0 Å². The third-order valence-corrected chi connectivity index (χ3v) is 2.22. The second-order valence-corrected chi connectivity index (χ2v) is 3.70. The van der Waals surface area contributed by atoms with Crippen molar-refractivity contribution in [2.45, 2.75) is 25.7 Å². The van der Waals surface area contributed by atoms with Gasteiger partial charge in [0.1, 0.15) is 0 Å². The van der Waals surface area contributed by atoms with Crippen molar-refractivity contribution in [2.24, 2.45) is 0 Å². The lowest BCUT2D eigenvalue weighted by molar-refractivity contribution is -0.145. The van der Waals surface area contributed by atoms with Crippen LogP contribution in [0.15, 0.2) is 12.3 Å². The Bertz CT molecular complexity index is 495. The molecule has 0 aliphatic rings. The van der Waals surface area contributed by atoms with Gasteiger partial charge < -0.3 is 4.74 Å². The first-order valence-electron chi connectivity index (χ1n) is 5.34. The molecule has 1 aromatic heterocycles. The zero-order chi connectivity index (χ0) is 15.6. The van der Waals surface area contributed by atoms with E-state index in [-0.39, 0.29) is 18.9 Å². The summed E-state index contributed by atoms with van der Waals surface area (Å²) in [7, 11) is 0. The summed E-state index contributed by atoms with van der Waals surface area (Å²) in [6.07, 6.45) is -10.6. The van der Waals surface area contributed by atoms with Crippen molar-refractivity contribution in [1.82, 2.24) is 4.98 Å². The Labute approximate surface area is 109 Å². The van der Waals surface area contributed by atoms with Crippen molar-refractivity contribution >= 4 is 5.97 Å². The van der Waals surface area contributed by atoms with Crippen molar-refractivity contribution in [3.63, 3.8) is 0 Å². The van der Waals surface area contributed by atoms with Crippen molar-refractivity contribution in [1.29, 1.82) is 0 Å². The molecule has 0 atom stereocenters. The lowest BCUT2D eigenvalue weighted by Gasteiger charge is -2.14. The first kappa shape index (κ1) is 16.3. The predicted molar refractivity (Wildman–Crippen MR) is 54.6 cm³/mol. The van der Waals surface area contributed by atoms with Gasteiger partial charge in [-0.25, -0.2) is 0 Å². The number of aromatic nitrogens is 1. The van der Waals surface area contributed by atoms with Crippen molar-refractivity contribution in [2.75, 3.05) is 6.61 Å². The summed E-state index contributed by atoms with van der Waals surface area (Å²) < 4.78 is 79.6. The summed E-state index contributed by atoms with van der Waals surface area (Å²) in [6.45, 7) is 1.39. The number of ether oxygens (including phenoxy) is 1. The average Bonchev–Trinajstić information content (AvgIpc) is 2.26. The molecule has 0 unspecified atom stereocenters. The molecule has 0 saturated carbocycles. The Hall–Kier alpha value is -1.80. The molecule has 0 N–H and O–H groups in total. The third-order valence-electron chi connectivity index (χ3n) is 2.22. The standard InChI is InChI=1S/C11H9F6NO2/c1-2-20-9(19)4-8-7(11(15,16)17)3-6(5-18-8)10(12,13)14/h3,5H,2,4H2,1H3. The molecule has 1 rings (SSSR count). The van der Waals surface area contributed by atoms with Crippen molar-refractivity contribution in [3.8, 4) is 0 Å². The average molecular weight is 301 g/mol. The second-order valence-electron chi connectivity index (χ2n) is 3.70. The van der Waals surface area contributed by atoms with Gasteiger partial charge in [0, 0.05) is 6.20 Å². The normalized spacial score (nSPS) is 12.3. The van der Waals surface area contributed by atoms with E-state index in [1.165, 1.54) is 6.92 Å². The highest BCUT2D eigenvalue weighted by molar-refractivity contribution is 5.72. The van der Waals surface area contributed by atoms with Crippen LogP contribution in [0.1, 0.15) is 23.7 Å². The van der Waals surface area contributed by atoms with Crippen LogP contribution in [0.4, 0.5) is 26.3 Å². The van der Waals surface area contributed by atoms with E-state index < -0.39 is 41.6 Å². The Balaban J connectivity index is 3.21. The molecule has 9 heteroatoms. The van der Waals surface area contributed by atoms with Crippen LogP contribution in [-0.2, 0) is 28.3 Å². The molecule has 0 fully saturated rings. The molecule has 1 heterocycles. The second kappa shape index (κ2) is 5.68. The Morgan fingerprint density at radius 2 is 1.80 bits per heavy atom. The fraction of sp³-hybridized carbons (Fsp3) is 0.455. The Kier molecular flexibility index (Phi) is 4.61. The minimum absolute atomic E-state index is 0.0547. The van der Waals surface area contributed by atoms with Crippen molar-refractivity contribution < 1.29 is 35.9 Å². The Morgan fingerprint density at radius 1 is 1.20 bits per heavy atom. The third kappa shape index (κ3) is 4.10. The molecule has 0 aromatic carbocycles. The number of carbonyl (C=O) groups excluding carboxylic acids is 1. The highest BCUT2D eigenvalue weighted by Gasteiger charge is 2.39. The number of esters is 1. The molecule has 0 saturated heterocycles. The fourth-order valence-corrected chi connectivity index (χ4v) is 1.38. The van der Waals surface area contributed by atoms with E-state index in [0.29, 0.717) is 0 Å². The summed E-state index contributed by atoms with van der Waals surface area (Å²) in [6, 6.07) is -0.0679. The summed E-state index contributed by atoms with van der Waals surface area (Å²) >= 11 is 0. The van der Waals surface area contributed by atoms with E-state index in [0.717, 1.165) is 0 Å². The number of halogens is 6. The van der Waals surface area contributed by atoms with Gasteiger partial charge in [0.05, 0.1) is 29.8 Å². The number of rotatable bonds is 3. The topological polar surface area (TPSA) is 39.2 Å². The molecule has 20 heavy (non-hydrogen) atoms. The van der Waals surface area contributed by atoms with E-state index in [1.807, 2.05) is 0 Å². The molecule has 112 valence electrons. The van der Waals surface area contributed by atoms with Gasteiger partial charge >= 0.3 is 18.3 Å². The molecular weight excluding hydrogens is 292 g/mol. The maximum Gasteiger partial charge on any atom is 0.418 e. The first-order chi connectivity index (χ1) is 9.05. The van der Waals surface area contributed by atoms with Crippen molar-refractivity contribution in [3.05, 3.63) is 29.1 Å². The van der Waals surface area contributed by atoms with Gasteiger partial charge in [0.2, 0.25) is 0 Å². The van der Waals surface area contributed by atoms with Crippen LogP contribution >= 0.6 is 0 Å². The van der Waals surface area contributed by atoms with E-state index >= 15 is 0 Å². The van der Waals surface area contributed by atoms with E-state index in [1.54, 1.807) is 0 Å². The fourth-order valence-electron chi connectivity index (χ4n) is 1.38. The molecule has 1 aromatic rings. The first-order valence-corrected chi connectivity index (χ1v) is 5.34. The minimum Gasteiger partial charge on any atom is -0.466 e. The molecule has 3 nitrogen and oxygen atoms in total. The number of pyridine rings is 1. The lowest BCUT2D eigenvalue weighted by Crippen LogP contribution is -2.18. The zero-order valence-corrected chi connectivity index (χ0v) is 10.1. The lowest BCUT2D eigenvalue weighted by atomic mass is 10.1. The summed E-state index contributed by atoms with van der Waals surface area (Å²) in [5.41, 5.74) is -3.93. The van der Waals surface area contributed by atoms with Crippen LogP contribution in [0.25, 0.3) is 0 Å². The smallest absolute Gasteiger partial charge is 0.418 e. The van der Waals surface area contributed by atoms with Crippen LogP contribution in [0, 0.1) is 0 Å². The van der Waals surface area contributed by atoms with Gasteiger partial charge in [0.25, 0.3) is 0 Å². The predicted octanol–water partition coefficient (Wildman–Crippen LogP) is 3.22. The van der Waals surface area contributed by atoms with E-state index in [9.17, 15) is 31.1 Å². The maximum absolute atomic E-state index is 12.7. The van der Waals surface area contributed by atoms with Gasteiger partial charge in [-0.15, -0.1) is 0 Å². The molecule has 0 aliphatic heterocycles. The summed E-state index contributed by atoms with van der Waals surface area (Å²) in [5, 5.41) is 0. The summed E-state index contributed by atoms with van der Waals surface area (Å²) in [4.78, 5) is 14.2. The zero-order valence-electron chi connectivity index (χ0n) is 10.1. The number of nitrogens with zero attached hydrogens (tertiary/aromatic N) is 1. The monoisotopic (exact) mass is 301 g/mol. The van der Waals surface area contributed by atoms with Gasteiger partial charge in [-0.2, -0.15) is 26.3 Å². The summed E-state index contributed by atoms with van der Waals surface area (Å²) in [5.74, 6) is -0.995. The largest absolute Gasteiger partial charge is 0.466 e. The number of alkyl halides is 6. The van der Waals surface area contributed by atoms with Crippen LogP contribution < -0.4 is 0 Å². The highest BCUT2D eigenvalue weighted by atomic mass is 19.4. The number of hydrogen-bond donors (Lipinski definition) is 0. The van der Waals surface area contributed by atoms with Gasteiger partial charge in [0.15, 0.2) is 0 Å². The Morgan fingerprint density at radius 3 is 2.25 bits per heavy atom. The molecular formula is C11H9F6NO2. The van der Waals surface area contributed by atoms with E-state index in [4.69, 9.17) is 0 Å². The highest BCUT2D eigenvalue weighted by Crippen LogP contribution is 2.36. The molecule has 0 radical (unpaired) electrons. The van der Waals surface area contributed by atoms with E-state index in [2.05, 4.69) is 9.72 Å².